The highest BCUT2D eigenvalue weighted by Crippen LogP contribution is 2.07. The number of hydrogen-bond donors (Lipinski definition) is 2. The number of nitrogens with zero attached hydrogens (tertiary/aromatic N) is 3. The Morgan fingerprint density at radius 1 is 1.62 bits per heavy atom. The normalized spacial score (nSPS) is 11.9. The lowest BCUT2D eigenvalue weighted by atomic mass is 10.3. The predicted molar refractivity (Wildman–Crippen MR) is 62.8 cm³/mol. The van der Waals surface area contributed by atoms with E-state index in [4.69, 9.17) is 5.73 Å². The number of nitrogens with one attached hydrogen (secondary N) is 1. The van der Waals surface area contributed by atoms with E-state index in [1.165, 1.54) is 6.33 Å². The van der Waals surface area contributed by atoms with Crippen LogP contribution in [0.15, 0.2) is 12.4 Å². The van der Waals surface area contributed by atoms with Crippen LogP contribution in [0, 0.1) is 0 Å². The van der Waals surface area contributed by atoms with Gasteiger partial charge in [0.1, 0.15) is 24.0 Å². The number of nitrogens with two attached hydrogens (primary N) is 1. The summed E-state index contributed by atoms with van der Waals surface area (Å²) in [6, 6.07) is 1.26. The van der Waals surface area contributed by atoms with Crippen molar-refractivity contribution in [3.8, 4) is 0 Å². The number of carbonyl (C=O) groups is 1. The second-order valence-corrected chi connectivity index (χ2v) is 3.55. The summed E-state index contributed by atoms with van der Waals surface area (Å²) in [5.41, 5.74) is 5.51. The number of amides is 1. The number of nitrogen functional groups attached to an aromatic ring is 1. The van der Waals surface area contributed by atoms with Crippen molar-refractivity contribution in [2.45, 2.75) is 19.9 Å². The highest BCUT2D eigenvalue weighted by atomic mass is 16.2. The van der Waals surface area contributed by atoms with Crippen LogP contribution >= 0.6 is 0 Å². The Morgan fingerprint density at radius 2 is 2.31 bits per heavy atom. The van der Waals surface area contributed by atoms with E-state index < -0.39 is 0 Å². The van der Waals surface area contributed by atoms with Crippen LogP contribution in [0.2, 0.25) is 0 Å². The molecule has 6 nitrogen and oxygen atoms in total. The quantitative estimate of drug-likeness (QED) is 0.768. The summed E-state index contributed by atoms with van der Waals surface area (Å²) in [5, 5.41) is 2.98. The maximum absolute atomic E-state index is 11.8. The Bertz CT molecular complexity index is 368. The van der Waals surface area contributed by atoms with Gasteiger partial charge >= 0.3 is 0 Å². The lowest BCUT2D eigenvalue weighted by Gasteiger charge is -2.20. The molecular weight excluding hydrogens is 206 g/mol. The second kappa shape index (κ2) is 5.29. The first kappa shape index (κ1) is 12.2. The van der Waals surface area contributed by atoms with Gasteiger partial charge in [-0.25, -0.2) is 9.97 Å². The first-order valence-corrected chi connectivity index (χ1v) is 5.13. The first-order valence-electron chi connectivity index (χ1n) is 5.13. The zero-order chi connectivity index (χ0) is 12.1. The van der Waals surface area contributed by atoms with Crippen LogP contribution in [-0.4, -0.2) is 40.4 Å². The molecule has 1 unspecified atom stereocenters. The van der Waals surface area contributed by atoms with E-state index >= 15 is 0 Å². The van der Waals surface area contributed by atoms with E-state index in [1.54, 1.807) is 24.9 Å². The Labute approximate surface area is 94.9 Å². The molecule has 0 saturated carbocycles. The molecule has 88 valence electrons. The molecule has 3 N–H and O–H groups in total. The topological polar surface area (TPSA) is 84.1 Å². The van der Waals surface area contributed by atoms with Crippen molar-refractivity contribution in [1.29, 1.82) is 0 Å². The fourth-order valence-electron chi connectivity index (χ4n) is 1.22. The smallest absolute Gasteiger partial charge is 0.244 e. The van der Waals surface area contributed by atoms with E-state index in [-0.39, 0.29) is 11.9 Å². The summed E-state index contributed by atoms with van der Waals surface area (Å²) in [5.74, 6) is 0.943. The summed E-state index contributed by atoms with van der Waals surface area (Å²) < 4.78 is 0. The maximum Gasteiger partial charge on any atom is 0.244 e. The minimum atomic E-state index is -0.334. The fourth-order valence-corrected chi connectivity index (χ4v) is 1.22. The Balaban J connectivity index is 2.64. The maximum atomic E-state index is 11.8. The molecule has 0 bridgehead atoms. The van der Waals surface area contributed by atoms with Gasteiger partial charge in [0.2, 0.25) is 5.91 Å². The standard InChI is InChI=1S/C10H17N5O/c1-4-15(3)10(16)7(2)14-9-5-8(11)12-6-13-9/h5-7H,4H2,1-3H3,(H3,11,12,13,14). The van der Waals surface area contributed by atoms with Crippen molar-refractivity contribution in [2.75, 3.05) is 24.6 Å². The second-order valence-electron chi connectivity index (χ2n) is 3.55. The molecule has 1 aromatic rings. The monoisotopic (exact) mass is 223 g/mol. The molecular formula is C10H17N5O. The van der Waals surface area contributed by atoms with Gasteiger partial charge in [0, 0.05) is 19.7 Å². The van der Waals surface area contributed by atoms with Gasteiger partial charge in [-0.15, -0.1) is 0 Å². The van der Waals surface area contributed by atoms with Gasteiger partial charge in [-0.05, 0) is 13.8 Å². The number of hydrogen-bond acceptors (Lipinski definition) is 5. The first-order chi connectivity index (χ1) is 7.54. The number of aromatic nitrogens is 2. The molecule has 1 heterocycles. The molecule has 0 aliphatic heterocycles. The van der Waals surface area contributed by atoms with Crippen LogP contribution in [0.1, 0.15) is 13.8 Å². The summed E-state index contributed by atoms with van der Waals surface area (Å²) in [6.07, 6.45) is 1.36. The number of rotatable bonds is 4. The molecule has 0 aliphatic carbocycles. The van der Waals surface area contributed by atoms with Crippen molar-refractivity contribution in [3.63, 3.8) is 0 Å². The van der Waals surface area contributed by atoms with Crippen LogP contribution in [0.3, 0.4) is 0 Å². The van der Waals surface area contributed by atoms with Crippen LogP contribution < -0.4 is 11.1 Å². The van der Waals surface area contributed by atoms with Crippen molar-refractivity contribution >= 4 is 17.5 Å². The van der Waals surface area contributed by atoms with Crippen molar-refractivity contribution in [3.05, 3.63) is 12.4 Å². The highest BCUT2D eigenvalue weighted by Gasteiger charge is 2.16. The predicted octanol–water partition coefficient (Wildman–Crippen LogP) is 0.337. The third-order valence-corrected chi connectivity index (χ3v) is 2.27. The molecule has 0 aromatic carbocycles. The van der Waals surface area contributed by atoms with E-state index in [2.05, 4.69) is 15.3 Å². The molecule has 0 fully saturated rings. The number of likely N-dealkylation sites (N-methyl/N-ethyl adjacent to an activating group) is 1. The summed E-state index contributed by atoms with van der Waals surface area (Å²) in [4.78, 5) is 21.1. The molecule has 6 heteroatoms. The molecule has 1 aromatic heterocycles. The van der Waals surface area contributed by atoms with Gasteiger partial charge < -0.3 is 16.0 Å². The van der Waals surface area contributed by atoms with Gasteiger partial charge in [-0.3, -0.25) is 4.79 Å². The van der Waals surface area contributed by atoms with Crippen LogP contribution in [0.25, 0.3) is 0 Å². The molecule has 1 atom stereocenters. The third kappa shape index (κ3) is 3.08. The van der Waals surface area contributed by atoms with E-state index in [0.29, 0.717) is 18.2 Å². The van der Waals surface area contributed by atoms with E-state index in [1.807, 2.05) is 6.92 Å². The van der Waals surface area contributed by atoms with Gasteiger partial charge in [-0.2, -0.15) is 0 Å². The number of anilines is 2. The van der Waals surface area contributed by atoms with Crippen molar-refractivity contribution < 1.29 is 4.79 Å². The summed E-state index contributed by atoms with van der Waals surface area (Å²) >= 11 is 0. The van der Waals surface area contributed by atoms with Gasteiger partial charge in [0.15, 0.2) is 0 Å². The van der Waals surface area contributed by atoms with E-state index in [0.717, 1.165) is 0 Å². The molecule has 0 saturated heterocycles. The molecule has 0 spiro atoms. The molecule has 0 radical (unpaired) electrons. The highest BCUT2D eigenvalue weighted by molar-refractivity contribution is 5.83. The van der Waals surface area contributed by atoms with Crippen molar-refractivity contribution in [2.24, 2.45) is 0 Å². The van der Waals surface area contributed by atoms with E-state index in [9.17, 15) is 4.79 Å². The number of carbonyl (C=O) groups excluding carboxylic acids is 1. The largest absolute Gasteiger partial charge is 0.384 e. The molecule has 0 aliphatic rings. The lowest BCUT2D eigenvalue weighted by Crippen LogP contribution is -2.39. The Morgan fingerprint density at radius 3 is 2.88 bits per heavy atom. The Hall–Kier alpha value is -1.85. The molecule has 1 amide bonds. The van der Waals surface area contributed by atoms with Crippen LogP contribution in [-0.2, 0) is 4.79 Å². The minimum absolute atomic E-state index is 0.0136. The van der Waals surface area contributed by atoms with Gasteiger partial charge in [0.25, 0.3) is 0 Å². The molecule has 16 heavy (non-hydrogen) atoms. The van der Waals surface area contributed by atoms with Gasteiger partial charge in [0.05, 0.1) is 0 Å². The molecule has 1 rings (SSSR count). The SMILES string of the molecule is CCN(C)C(=O)C(C)Nc1cc(N)ncn1. The van der Waals surface area contributed by atoms with Crippen LogP contribution in [0.5, 0.6) is 0 Å². The zero-order valence-electron chi connectivity index (χ0n) is 9.77. The fraction of sp³-hybridized carbons (Fsp3) is 0.500. The minimum Gasteiger partial charge on any atom is -0.384 e. The van der Waals surface area contributed by atoms with Crippen molar-refractivity contribution in [1.82, 2.24) is 14.9 Å². The Kier molecular flexibility index (Phi) is 4.04. The summed E-state index contributed by atoms with van der Waals surface area (Å²) in [6.45, 7) is 4.39. The van der Waals surface area contributed by atoms with Gasteiger partial charge in [-0.1, -0.05) is 0 Å². The average Bonchev–Trinajstić information content (AvgIpc) is 2.27. The summed E-state index contributed by atoms with van der Waals surface area (Å²) in [7, 11) is 1.76. The third-order valence-electron chi connectivity index (χ3n) is 2.27. The zero-order valence-corrected chi connectivity index (χ0v) is 9.77. The average molecular weight is 223 g/mol. The lowest BCUT2D eigenvalue weighted by molar-refractivity contribution is -0.130. The van der Waals surface area contributed by atoms with Crippen LogP contribution in [0.4, 0.5) is 11.6 Å².